The maximum absolute atomic E-state index is 5.58. The average Bonchev–Trinajstić information content (AvgIpc) is 3.87. The standard InChI is InChI=1S/C32H30N2O2/c1-3-7-25(8-4-1)33(19-29-21-35-29)27-13-15-31-23(17-27)11-12-24-18-28(14-16-32(24)31)34(20-30-22-36-30)26-9-5-2-6-10-26/h1-10,13-18,29-30H,11-12,19-22H2. The lowest BCUT2D eigenvalue weighted by Gasteiger charge is -2.29. The number of hydrogen-bond acceptors (Lipinski definition) is 4. The molecule has 2 fully saturated rings. The van der Waals surface area contributed by atoms with E-state index in [-0.39, 0.29) is 0 Å². The fraction of sp³-hybridized carbons (Fsp3) is 0.250. The number of fused-ring (bicyclic) bond motifs is 3. The molecule has 4 aromatic carbocycles. The Labute approximate surface area is 212 Å². The maximum Gasteiger partial charge on any atom is 0.0988 e. The van der Waals surface area contributed by atoms with Gasteiger partial charge in [-0.1, -0.05) is 48.5 Å². The number of rotatable bonds is 8. The van der Waals surface area contributed by atoms with Crippen molar-refractivity contribution in [3.63, 3.8) is 0 Å². The maximum atomic E-state index is 5.58. The van der Waals surface area contributed by atoms with E-state index in [9.17, 15) is 0 Å². The van der Waals surface area contributed by atoms with Gasteiger partial charge in [0.15, 0.2) is 0 Å². The summed E-state index contributed by atoms with van der Waals surface area (Å²) in [6, 6.07) is 35.3. The summed E-state index contributed by atoms with van der Waals surface area (Å²) in [7, 11) is 0. The number of nitrogens with zero attached hydrogens (tertiary/aromatic N) is 2. The minimum atomic E-state index is 0.328. The van der Waals surface area contributed by atoms with Crippen LogP contribution in [-0.2, 0) is 22.3 Å². The molecule has 3 aliphatic rings. The highest BCUT2D eigenvalue weighted by atomic mass is 16.6. The molecule has 2 saturated heterocycles. The number of aryl methyl sites for hydroxylation is 2. The molecule has 2 unspecified atom stereocenters. The molecule has 2 aliphatic heterocycles. The van der Waals surface area contributed by atoms with Crippen LogP contribution in [-0.4, -0.2) is 38.5 Å². The van der Waals surface area contributed by atoms with Gasteiger partial charge in [0.25, 0.3) is 0 Å². The van der Waals surface area contributed by atoms with Crippen LogP contribution in [0.1, 0.15) is 11.1 Å². The number of benzene rings is 4. The van der Waals surface area contributed by atoms with Gasteiger partial charge in [-0.15, -0.1) is 0 Å². The molecule has 0 spiro atoms. The molecule has 4 aromatic rings. The van der Waals surface area contributed by atoms with Crippen molar-refractivity contribution < 1.29 is 9.47 Å². The van der Waals surface area contributed by atoms with Crippen LogP contribution < -0.4 is 9.80 Å². The lowest BCUT2D eigenvalue weighted by molar-refractivity contribution is 0.411. The van der Waals surface area contributed by atoms with E-state index in [2.05, 4.69) is 107 Å². The van der Waals surface area contributed by atoms with Crippen molar-refractivity contribution in [2.75, 3.05) is 36.1 Å². The SMILES string of the molecule is c1ccc(N(CC2CO2)c2ccc3c(c2)CCc2cc(N(CC4CO4)c4ccccc4)ccc2-3)cc1. The highest BCUT2D eigenvalue weighted by Gasteiger charge is 2.29. The molecule has 2 heterocycles. The van der Waals surface area contributed by atoms with Crippen LogP contribution >= 0.6 is 0 Å². The van der Waals surface area contributed by atoms with Crippen LogP contribution in [0.25, 0.3) is 11.1 Å². The lowest BCUT2D eigenvalue weighted by Crippen LogP contribution is -2.23. The Balaban J connectivity index is 1.21. The van der Waals surface area contributed by atoms with E-state index in [1.54, 1.807) is 0 Å². The highest BCUT2D eigenvalue weighted by molar-refractivity contribution is 5.79. The third kappa shape index (κ3) is 4.39. The molecule has 0 radical (unpaired) electrons. The highest BCUT2D eigenvalue weighted by Crippen LogP contribution is 2.40. The number of epoxide rings is 2. The molecule has 0 saturated carbocycles. The Morgan fingerprint density at radius 2 is 0.944 bits per heavy atom. The first-order valence-electron chi connectivity index (χ1n) is 13.0. The molecular weight excluding hydrogens is 444 g/mol. The molecule has 4 heteroatoms. The second-order valence-corrected chi connectivity index (χ2v) is 9.99. The zero-order valence-corrected chi connectivity index (χ0v) is 20.3. The molecule has 4 nitrogen and oxygen atoms in total. The Morgan fingerprint density at radius 1 is 0.528 bits per heavy atom. The van der Waals surface area contributed by atoms with Crippen molar-refractivity contribution in [2.24, 2.45) is 0 Å². The second-order valence-electron chi connectivity index (χ2n) is 9.99. The topological polar surface area (TPSA) is 31.5 Å². The van der Waals surface area contributed by atoms with E-state index in [1.807, 2.05) is 0 Å². The zero-order valence-electron chi connectivity index (χ0n) is 20.3. The van der Waals surface area contributed by atoms with Gasteiger partial charge in [-0.05, 0) is 83.6 Å². The van der Waals surface area contributed by atoms with Gasteiger partial charge in [-0.25, -0.2) is 0 Å². The van der Waals surface area contributed by atoms with Gasteiger partial charge < -0.3 is 19.3 Å². The van der Waals surface area contributed by atoms with E-state index in [0.29, 0.717) is 12.2 Å². The number of para-hydroxylation sites is 2. The Morgan fingerprint density at radius 3 is 1.33 bits per heavy atom. The Hall–Kier alpha value is -3.60. The molecular formula is C32H30N2O2. The minimum Gasteiger partial charge on any atom is -0.371 e. The van der Waals surface area contributed by atoms with Gasteiger partial charge >= 0.3 is 0 Å². The van der Waals surface area contributed by atoms with Crippen LogP contribution in [0.3, 0.4) is 0 Å². The number of ether oxygens (including phenoxy) is 2. The summed E-state index contributed by atoms with van der Waals surface area (Å²) in [5, 5.41) is 0. The summed E-state index contributed by atoms with van der Waals surface area (Å²) in [5.41, 5.74) is 10.5. The van der Waals surface area contributed by atoms with Crippen molar-refractivity contribution in [2.45, 2.75) is 25.0 Å². The van der Waals surface area contributed by atoms with Crippen molar-refractivity contribution in [3.8, 4) is 11.1 Å². The predicted molar refractivity (Wildman–Crippen MR) is 146 cm³/mol. The molecule has 36 heavy (non-hydrogen) atoms. The van der Waals surface area contributed by atoms with E-state index in [1.165, 1.54) is 45.0 Å². The third-order valence-electron chi connectivity index (χ3n) is 7.47. The number of anilines is 4. The second kappa shape index (κ2) is 9.12. The predicted octanol–water partition coefficient (Wildman–Crippen LogP) is 6.53. The van der Waals surface area contributed by atoms with Crippen molar-refractivity contribution in [3.05, 3.63) is 108 Å². The van der Waals surface area contributed by atoms with Crippen LogP contribution in [0, 0.1) is 0 Å². The summed E-state index contributed by atoms with van der Waals surface area (Å²) >= 11 is 0. The van der Waals surface area contributed by atoms with E-state index < -0.39 is 0 Å². The van der Waals surface area contributed by atoms with Gasteiger partial charge in [0.2, 0.25) is 0 Å². The Bertz CT molecular complexity index is 1260. The van der Waals surface area contributed by atoms with Gasteiger partial charge in [0.1, 0.15) is 0 Å². The molecule has 180 valence electrons. The lowest BCUT2D eigenvalue weighted by atomic mass is 9.85. The first kappa shape index (κ1) is 21.7. The monoisotopic (exact) mass is 474 g/mol. The van der Waals surface area contributed by atoms with Gasteiger partial charge in [0.05, 0.1) is 38.5 Å². The molecule has 0 bridgehead atoms. The smallest absolute Gasteiger partial charge is 0.0988 e. The van der Waals surface area contributed by atoms with Crippen molar-refractivity contribution in [1.29, 1.82) is 0 Å². The summed E-state index contributed by atoms with van der Waals surface area (Å²) in [6.07, 6.45) is 2.77. The van der Waals surface area contributed by atoms with E-state index >= 15 is 0 Å². The van der Waals surface area contributed by atoms with Crippen molar-refractivity contribution in [1.82, 2.24) is 0 Å². The van der Waals surface area contributed by atoms with Gasteiger partial charge in [-0.3, -0.25) is 0 Å². The molecule has 0 aromatic heterocycles. The van der Waals surface area contributed by atoms with Crippen LogP contribution in [0.4, 0.5) is 22.7 Å². The minimum absolute atomic E-state index is 0.328. The summed E-state index contributed by atoms with van der Waals surface area (Å²) in [6.45, 7) is 3.50. The molecule has 0 N–H and O–H groups in total. The molecule has 0 amide bonds. The summed E-state index contributed by atoms with van der Waals surface area (Å²) in [4.78, 5) is 4.79. The largest absolute Gasteiger partial charge is 0.371 e. The quantitative estimate of drug-likeness (QED) is 0.272. The van der Waals surface area contributed by atoms with Crippen LogP contribution in [0.15, 0.2) is 97.1 Å². The van der Waals surface area contributed by atoms with Crippen molar-refractivity contribution >= 4 is 22.7 Å². The normalized spacial score (nSPS) is 19.2. The first-order chi connectivity index (χ1) is 17.8. The molecule has 7 rings (SSSR count). The summed E-state index contributed by atoms with van der Waals surface area (Å²) < 4.78 is 11.2. The fourth-order valence-corrected chi connectivity index (χ4v) is 5.39. The molecule has 1 aliphatic carbocycles. The third-order valence-corrected chi connectivity index (χ3v) is 7.47. The van der Waals surface area contributed by atoms with E-state index in [0.717, 1.165) is 39.1 Å². The Kier molecular flexibility index (Phi) is 5.49. The van der Waals surface area contributed by atoms with Gasteiger partial charge in [-0.2, -0.15) is 0 Å². The van der Waals surface area contributed by atoms with Crippen LogP contribution in [0.5, 0.6) is 0 Å². The van der Waals surface area contributed by atoms with Gasteiger partial charge in [0, 0.05) is 22.7 Å². The molecule has 2 atom stereocenters. The average molecular weight is 475 g/mol. The zero-order chi connectivity index (χ0) is 23.9. The summed E-state index contributed by atoms with van der Waals surface area (Å²) in [5.74, 6) is 0. The first-order valence-corrected chi connectivity index (χ1v) is 13.0. The number of hydrogen-bond donors (Lipinski definition) is 0. The fourth-order valence-electron chi connectivity index (χ4n) is 5.39. The van der Waals surface area contributed by atoms with E-state index in [4.69, 9.17) is 9.47 Å². The van der Waals surface area contributed by atoms with Crippen LogP contribution in [0.2, 0.25) is 0 Å².